The highest BCUT2D eigenvalue weighted by atomic mass is 19.1. The van der Waals surface area contributed by atoms with Crippen LogP contribution < -0.4 is 15.4 Å². The highest BCUT2D eigenvalue weighted by molar-refractivity contribution is 5.92. The Morgan fingerprint density at radius 2 is 1.93 bits per heavy atom. The number of halogens is 1. The number of hydrogen-bond donors (Lipinski definition) is 2. The van der Waals surface area contributed by atoms with Crippen molar-refractivity contribution in [2.75, 3.05) is 17.7 Å². The number of aromatic nitrogens is 6. The molecule has 1 atom stereocenters. The lowest BCUT2D eigenvalue weighted by atomic mass is 10.2. The molecule has 0 unspecified atom stereocenters. The smallest absolute Gasteiger partial charge is 0.225 e. The molecule has 29 heavy (non-hydrogen) atoms. The van der Waals surface area contributed by atoms with E-state index in [9.17, 15) is 4.39 Å². The van der Waals surface area contributed by atoms with E-state index < -0.39 is 5.82 Å². The molecule has 2 N–H and O–H groups in total. The first-order valence-corrected chi connectivity index (χ1v) is 8.86. The molecule has 0 aliphatic carbocycles. The molecule has 0 aliphatic rings. The number of nitrogens with one attached hydrogen (secondary N) is 2. The Morgan fingerprint density at radius 1 is 1.14 bits per heavy atom. The van der Waals surface area contributed by atoms with E-state index in [0.717, 1.165) is 17.8 Å². The molecular weight excluding hydrogens is 375 g/mol. The van der Waals surface area contributed by atoms with Gasteiger partial charge in [-0.15, -0.1) is 0 Å². The zero-order valence-electron chi connectivity index (χ0n) is 16.1. The minimum Gasteiger partial charge on any atom is -0.497 e. The van der Waals surface area contributed by atoms with Crippen molar-refractivity contribution in [3.05, 3.63) is 54.8 Å². The van der Waals surface area contributed by atoms with Crippen LogP contribution >= 0.6 is 0 Å². The predicted molar refractivity (Wildman–Crippen MR) is 107 cm³/mol. The third kappa shape index (κ3) is 4.05. The van der Waals surface area contributed by atoms with E-state index >= 15 is 0 Å². The van der Waals surface area contributed by atoms with E-state index in [-0.39, 0.29) is 6.04 Å². The number of imidazole rings is 1. The van der Waals surface area contributed by atoms with Gasteiger partial charge in [0, 0.05) is 18.6 Å². The second-order valence-electron chi connectivity index (χ2n) is 6.45. The molecule has 3 heterocycles. The van der Waals surface area contributed by atoms with Gasteiger partial charge in [-0.2, -0.15) is 4.98 Å². The molecule has 0 saturated carbocycles. The predicted octanol–water partition coefficient (Wildman–Crippen LogP) is 3.22. The summed E-state index contributed by atoms with van der Waals surface area (Å²) in [6.07, 6.45) is 5.79. The summed E-state index contributed by atoms with van der Waals surface area (Å²) in [5.74, 6) is 2.24. The number of methoxy groups -OCH3 is 1. The molecule has 148 valence electrons. The van der Waals surface area contributed by atoms with Crippen molar-refractivity contribution >= 4 is 28.5 Å². The Labute approximate surface area is 166 Å². The van der Waals surface area contributed by atoms with Gasteiger partial charge in [0.1, 0.15) is 23.2 Å². The Hall–Kier alpha value is -3.82. The number of ether oxygens (including phenoxy) is 1. The van der Waals surface area contributed by atoms with Gasteiger partial charge < -0.3 is 19.9 Å². The van der Waals surface area contributed by atoms with Crippen molar-refractivity contribution in [1.29, 1.82) is 0 Å². The van der Waals surface area contributed by atoms with Gasteiger partial charge in [-0.05, 0) is 25.1 Å². The summed E-state index contributed by atoms with van der Waals surface area (Å²) in [7, 11) is 3.49. The zero-order valence-corrected chi connectivity index (χ0v) is 16.1. The monoisotopic (exact) mass is 394 g/mol. The number of aryl methyl sites for hydroxylation is 1. The number of hydrogen-bond acceptors (Lipinski definition) is 8. The number of rotatable bonds is 6. The fraction of sp³-hybridized carbons (Fsp3) is 0.211. The molecule has 0 spiro atoms. The average molecular weight is 394 g/mol. The second kappa shape index (κ2) is 7.66. The van der Waals surface area contributed by atoms with Crippen molar-refractivity contribution in [3.8, 4) is 5.75 Å². The fourth-order valence-corrected chi connectivity index (χ4v) is 2.80. The van der Waals surface area contributed by atoms with Crippen LogP contribution in [0.5, 0.6) is 5.75 Å². The molecule has 9 nitrogen and oxygen atoms in total. The molecule has 0 saturated heterocycles. The van der Waals surface area contributed by atoms with Crippen LogP contribution in [0, 0.1) is 5.82 Å². The van der Waals surface area contributed by atoms with E-state index in [1.54, 1.807) is 13.4 Å². The van der Waals surface area contributed by atoms with Crippen LogP contribution in [0.1, 0.15) is 18.8 Å². The van der Waals surface area contributed by atoms with Crippen LogP contribution in [0.2, 0.25) is 0 Å². The zero-order chi connectivity index (χ0) is 20.4. The first-order valence-electron chi connectivity index (χ1n) is 8.86. The number of benzene rings is 1. The minimum absolute atomic E-state index is 0.325. The Kier molecular flexibility index (Phi) is 4.90. The quantitative estimate of drug-likeness (QED) is 0.514. The first-order chi connectivity index (χ1) is 14.0. The third-order valence-electron chi connectivity index (χ3n) is 4.23. The average Bonchev–Trinajstić information content (AvgIpc) is 3.13. The lowest BCUT2D eigenvalue weighted by Crippen LogP contribution is -2.13. The van der Waals surface area contributed by atoms with Crippen molar-refractivity contribution in [2.24, 2.45) is 7.05 Å². The molecule has 1 aromatic carbocycles. The van der Waals surface area contributed by atoms with Gasteiger partial charge >= 0.3 is 0 Å². The summed E-state index contributed by atoms with van der Waals surface area (Å²) < 4.78 is 20.2. The summed E-state index contributed by atoms with van der Waals surface area (Å²) in [5, 5.41) is 7.17. The Morgan fingerprint density at radius 3 is 2.62 bits per heavy atom. The van der Waals surface area contributed by atoms with E-state index in [0.29, 0.717) is 34.7 Å². The van der Waals surface area contributed by atoms with Crippen molar-refractivity contribution in [1.82, 2.24) is 29.5 Å². The number of nitrogens with zero attached hydrogens (tertiary/aromatic N) is 6. The topological polar surface area (TPSA) is 103 Å². The molecule has 10 heteroatoms. The van der Waals surface area contributed by atoms with Crippen molar-refractivity contribution in [2.45, 2.75) is 13.0 Å². The normalized spacial score (nSPS) is 12.0. The lowest BCUT2D eigenvalue weighted by molar-refractivity contribution is 0.415. The minimum atomic E-state index is -0.487. The van der Waals surface area contributed by atoms with Gasteiger partial charge in [-0.3, -0.25) is 0 Å². The Bertz CT molecular complexity index is 1140. The summed E-state index contributed by atoms with van der Waals surface area (Å²) in [6.45, 7) is 1.85. The van der Waals surface area contributed by atoms with Crippen LogP contribution in [0.3, 0.4) is 0 Å². The number of anilines is 3. The largest absolute Gasteiger partial charge is 0.497 e. The highest BCUT2D eigenvalue weighted by Crippen LogP contribution is 2.29. The standard InChI is InChI=1S/C19H19FN8O/c1-11(17-21-7-12(20)8-22-17)24-19-25-15-5-4-13(29-3)6-14(15)18(27-19)26-16-9-28(2)10-23-16/h4-11H,1-3H3,(H2,24,25,26,27)/t11-/m1/s1. The second-order valence-corrected chi connectivity index (χ2v) is 6.45. The molecule has 0 fully saturated rings. The highest BCUT2D eigenvalue weighted by Gasteiger charge is 2.14. The van der Waals surface area contributed by atoms with Crippen molar-refractivity contribution < 1.29 is 9.13 Å². The van der Waals surface area contributed by atoms with Gasteiger partial charge in [0.25, 0.3) is 0 Å². The van der Waals surface area contributed by atoms with Crippen LogP contribution in [0.25, 0.3) is 10.9 Å². The van der Waals surface area contributed by atoms with Gasteiger partial charge in [-0.25, -0.2) is 24.3 Å². The molecule has 0 radical (unpaired) electrons. The lowest BCUT2D eigenvalue weighted by Gasteiger charge is -2.15. The Balaban J connectivity index is 1.71. The molecule has 0 aliphatic heterocycles. The van der Waals surface area contributed by atoms with Gasteiger partial charge in [0.05, 0.1) is 37.4 Å². The molecule has 4 aromatic rings. The summed E-state index contributed by atoms with van der Waals surface area (Å²) in [6, 6.07) is 5.21. The summed E-state index contributed by atoms with van der Waals surface area (Å²) in [5.41, 5.74) is 0.717. The maximum absolute atomic E-state index is 13.1. The molecular formula is C19H19FN8O. The van der Waals surface area contributed by atoms with E-state index in [1.807, 2.05) is 42.9 Å². The van der Waals surface area contributed by atoms with Gasteiger partial charge in [0.2, 0.25) is 5.95 Å². The van der Waals surface area contributed by atoms with Crippen LogP contribution in [0.4, 0.5) is 22.0 Å². The van der Waals surface area contributed by atoms with Crippen molar-refractivity contribution in [3.63, 3.8) is 0 Å². The summed E-state index contributed by atoms with van der Waals surface area (Å²) >= 11 is 0. The first kappa shape index (κ1) is 18.5. The van der Waals surface area contributed by atoms with Gasteiger partial charge in [0.15, 0.2) is 5.82 Å². The molecule has 0 amide bonds. The van der Waals surface area contributed by atoms with E-state index in [2.05, 4.69) is 35.6 Å². The van der Waals surface area contributed by atoms with Crippen LogP contribution in [-0.4, -0.2) is 36.6 Å². The van der Waals surface area contributed by atoms with E-state index in [4.69, 9.17) is 4.74 Å². The summed E-state index contributed by atoms with van der Waals surface area (Å²) in [4.78, 5) is 21.5. The number of fused-ring (bicyclic) bond motifs is 1. The van der Waals surface area contributed by atoms with E-state index in [1.165, 1.54) is 0 Å². The van der Waals surface area contributed by atoms with Crippen LogP contribution in [0.15, 0.2) is 43.1 Å². The van der Waals surface area contributed by atoms with Crippen LogP contribution in [-0.2, 0) is 7.05 Å². The third-order valence-corrected chi connectivity index (χ3v) is 4.23. The SMILES string of the molecule is COc1ccc2nc(N[C@H](C)c3ncc(F)cn3)nc(Nc3cn(C)cn3)c2c1. The van der Waals surface area contributed by atoms with Gasteiger partial charge in [-0.1, -0.05) is 0 Å². The fourth-order valence-electron chi connectivity index (χ4n) is 2.80. The molecule has 0 bridgehead atoms. The molecule has 3 aromatic heterocycles. The molecule has 4 rings (SSSR count). The maximum Gasteiger partial charge on any atom is 0.225 e. The maximum atomic E-state index is 13.1.